The van der Waals surface area contributed by atoms with Crippen molar-refractivity contribution < 1.29 is 9.21 Å². The van der Waals surface area contributed by atoms with Crippen LogP contribution in [0.2, 0.25) is 0 Å². The van der Waals surface area contributed by atoms with E-state index in [-0.39, 0.29) is 5.91 Å². The quantitative estimate of drug-likeness (QED) is 0.729. The number of benzene rings is 1. The van der Waals surface area contributed by atoms with Crippen LogP contribution in [0.15, 0.2) is 39.5 Å². The van der Waals surface area contributed by atoms with E-state index in [2.05, 4.69) is 4.98 Å². The lowest BCUT2D eigenvalue weighted by Crippen LogP contribution is -2.15. The zero-order chi connectivity index (χ0) is 15.9. The highest BCUT2D eigenvalue weighted by Crippen LogP contribution is 2.22. The van der Waals surface area contributed by atoms with Crippen LogP contribution in [0.3, 0.4) is 0 Å². The van der Waals surface area contributed by atoms with E-state index in [0.29, 0.717) is 34.6 Å². The first-order valence-electron chi connectivity index (χ1n) is 7.16. The predicted octanol–water partition coefficient (Wildman–Crippen LogP) is 2.86. The molecule has 0 atom stereocenters. The van der Waals surface area contributed by atoms with Gasteiger partial charge in [0.25, 0.3) is 5.91 Å². The first-order chi connectivity index (χ1) is 10.5. The molecule has 0 radical (unpaired) electrons. The minimum Gasteiger partial charge on any atom is -0.408 e. The Bertz CT molecular complexity index is 920. The average molecular weight is 296 g/mol. The van der Waals surface area contributed by atoms with Gasteiger partial charge < -0.3 is 4.42 Å². The van der Waals surface area contributed by atoms with Crippen LogP contribution in [0, 0.1) is 13.8 Å². The van der Waals surface area contributed by atoms with Crippen LogP contribution in [0.5, 0.6) is 0 Å². The zero-order valence-corrected chi connectivity index (χ0v) is 12.7. The molecule has 5 heteroatoms. The predicted molar refractivity (Wildman–Crippen MR) is 83.3 cm³/mol. The van der Waals surface area contributed by atoms with Gasteiger partial charge in [-0.25, -0.2) is 4.79 Å². The molecule has 0 N–H and O–H groups in total. The molecular formula is C17H16N2O3. The second-order valence-electron chi connectivity index (χ2n) is 5.16. The van der Waals surface area contributed by atoms with Crippen LogP contribution < -0.4 is 5.63 Å². The number of carbonyl (C=O) groups is 1. The van der Waals surface area contributed by atoms with Crippen LogP contribution in [0.4, 0.5) is 0 Å². The molecule has 0 bridgehead atoms. The lowest BCUT2D eigenvalue weighted by molar-refractivity contribution is 0.0962. The maximum Gasteiger partial charge on any atom is 0.348 e. The first kappa shape index (κ1) is 14.3. The first-order valence-corrected chi connectivity index (χ1v) is 7.16. The highest BCUT2D eigenvalue weighted by molar-refractivity contribution is 6.02. The van der Waals surface area contributed by atoms with E-state index >= 15 is 0 Å². The van der Waals surface area contributed by atoms with Gasteiger partial charge in [-0.05, 0) is 31.5 Å². The van der Waals surface area contributed by atoms with Gasteiger partial charge in [-0.15, -0.1) is 0 Å². The van der Waals surface area contributed by atoms with Crippen LogP contribution >= 0.6 is 0 Å². The molecular weight excluding hydrogens is 280 g/mol. The number of fused-ring (bicyclic) bond motifs is 1. The van der Waals surface area contributed by atoms with Crippen molar-refractivity contribution in [3.8, 4) is 0 Å². The van der Waals surface area contributed by atoms with Crippen LogP contribution in [0.25, 0.3) is 11.0 Å². The second-order valence-corrected chi connectivity index (χ2v) is 5.16. The highest BCUT2D eigenvalue weighted by atomic mass is 16.4. The minimum atomic E-state index is -0.443. The largest absolute Gasteiger partial charge is 0.408 e. The molecule has 0 fully saturated rings. The standard InChI is InChI=1S/C17H16N2O3/c1-4-13-18-15-14(17(21)22-13)10(2)11(3)19(15)16(20)12-8-6-5-7-9-12/h5-9H,4H2,1-3H3. The fourth-order valence-electron chi connectivity index (χ4n) is 2.55. The zero-order valence-electron chi connectivity index (χ0n) is 12.7. The SMILES string of the molecule is CCc1nc2c(c(C)c(C)n2C(=O)c2ccccc2)c(=O)o1. The Morgan fingerprint density at radius 2 is 1.91 bits per heavy atom. The van der Waals surface area contributed by atoms with Gasteiger partial charge in [0, 0.05) is 17.7 Å². The monoisotopic (exact) mass is 296 g/mol. The van der Waals surface area contributed by atoms with Gasteiger partial charge in [-0.2, -0.15) is 4.98 Å². The fourth-order valence-corrected chi connectivity index (χ4v) is 2.55. The molecule has 0 aliphatic rings. The molecule has 2 heterocycles. The lowest BCUT2D eigenvalue weighted by atomic mass is 10.2. The summed E-state index contributed by atoms with van der Waals surface area (Å²) in [7, 11) is 0. The smallest absolute Gasteiger partial charge is 0.348 e. The van der Waals surface area contributed by atoms with Gasteiger partial charge in [-0.1, -0.05) is 25.1 Å². The Kier molecular flexibility index (Phi) is 3.41. The van der Waals surface area contributed by atoms with Crippen LogP contribution in [-0.4, -0.2) is 15.5 Å². The number of rotatable bonds is 2. The van der Waals surface area contributed by atoms with Crippen molar-refractivity contribution in [2.45, 2.75) is 27.2 Å². The van der Waals surface area contributed by atoms with Gasteiger partial charge in [0.05, 0.1) is 0 Å². The molecule has 3 aromatic rings. The molecule has 22 heavy (non-hydrogen) atoms. The van der Waals surface area contributed by atoms with Crippen LogP contribution in [0.1, 0.15) is 34.4 Å². The summed E-state index contributed by atoms with van der Waals surface area (Å²) in [4.78, 5) is 29.3. The number of carbonyl (C=O) groups excluding carboxylic acids is 1. The normalized spacial score (nSPS) is 11.0. The average Bonchev–Trinajstić information content (AvgIpc) is 2.79. The summed E-state index contributed by atoms with van der Waals surface area (Å²) in [6.45, 7) is 5.46. The molecule has 0 amide bonds. The van der Waals surface area contributed by atoms with E-state index < -0.39 is 5.63 Å². The van der Waals surface area contributed by atoms with Crippen molar-refractivity contribution in [3.63, 3.8) is 0 Å². The van der Waals surface area contributed by atoms with Crippen molar-refractivity contribution in [1.29, 1.82) is 0 Å². The van der Waals surface area contributed by atoms with E-state index in [1.807, 2.05) is 19.9 Å². The third-order valence-electron chi connectivity index (χ3n) is 3.86. The van der Waals surface area contributed by atoms with Crippen molar-refractivity contribution in [2.75, 3.05) is 0 Å². The Balaban J connectivity index is 2.34. The van der Waals surface area contributed by atoms with Gasteiger partial charge in [0.15, 0.2) is 11.5 Å². The van der Waals surface area contributed by atoms with Crippen molar-refractivity contribution in [3.05, 3.63) is 63.5 Å². The molecule has 0 unspecified atom stereocenters. The van der Waals surface area contributed by atoms with Crippen molar-refractivity contribution in [2.24, 2.45) is 0 Å². The highest BCUT2D eigenvalue weighted by Gasteiger charge is 2.22. The number of nitrogens with zero attached hydrogens (tertiary/aromatic N) is 2. The Labute approximate surface area is 127 Å². The molecule has 1 aromatic carbocycles. The van der Waals surface area contributed by atoms with Crippen LogP contribution in [-0.2, 0) is 6.42 Å². The summed E-state index contributed by atoms with van der Waals surface area (Å²) in [6, 6.07) is 8.95. The summed E-state index contributed by atoms with van der Waals surface area (Å²) in [6.07, 6.45) is 0.494. The lowest BCUT2D eigenvalue weighted by Gasteiger charge is -2.06. The number of aryl methyl sites for hydroxylation is 2. The number of hydrogen-bond donors (Lipinski definition) is 0. The molecule has 0 aliphatic carbocycles. The molecule has 0 aliphatic heterocycles. The summed E-state index contributed by atoms with van der Waals surface area (Å²) >= 11 is 0. The van der Waals surface area contributed by atoms with Crippen molar-refractivity contribution in [1.82, 2.24) is 9.55 Å². The summed E-state index contributed by atoms with van der Waals surface area (Å²) in [5.41, 5.74) is 1.91. The topological polar surface area (TPSA) is 65.1 Å². The van der Waals surface area contributed by atoms with Gasteiger partial charge in [-0.3, -0.25) is 9.36 Å². The maximum atomic E-state index is 12.8. The van der Waals surface area contributed by atoms with E-state index in [1.165, 1.54) is 4.57 Å². The molecule has 5 nitrogen and oxygen atoms in total. The Hall–Kier alpha value is -2.69. The fraction of sp³-hybridized carbons (Fsp3) is 0.235. The van der Waals surface area contributed by atoms with E-state index in [0.717, 1.165) is 5.56 Å². The number of hydrogen-bond acceptors (Lipinski definition) is 4. The second kappa shape index (κ2) is 5.26. The Morgan fingerprint density at radius 3 is 2.55 bits per heavy atom. The third kappa shape index (κ3) is 2.06. The summed E-state index contributed by atoms with van der Waals surface area (Å²) in [5, 5.41) is 0.374. The molecule has 3 rings (SSSR count). The van der Waals surface area contributed by atoms with Gasteiger partial charge in [0.1, 0.15) is 5.39 Å². The summed E-state index contributed by atoms with van der Waals surface area (Å²) < 4.78 is 6.68. The molecule has 0 saturated heterocycles. The maximum absolute atomic E-state index is 12.8. The molecule has 2 aromatic heterocycles. The van der Waals surface area contributed by atoms with E-state index in [1.54, 1.807) is 31.2 Å². The van der Waals surface area contributed by atoms with Gasteiger partial charge in [0.2, 0.25) is 0 Å². The minimum absolute atomic E-state index is 0.198. The number of aromatic nitrogens is 2. The van der Waals surface area contributed by atoms with E-state index in [9.17, 15) is 9.59 Å². The molecule has 112 valence electrons. The molecule has 0 saturated carbocycles. The van der Waals surface area contributed by atoms with E-state index in [4.69, 9.17) is 4.42 Å². The molecule has 0 spiro atoms. The summed E-state index contributed by atoms with van der Waals surface area (Å²) in [5.74, 6) is 0.133. The van der Waals surface area contributed by atoms with Crippen molar-refractivity contribution >= 4 is 16.9 Å². The van der Waals surface area contributed by atoms with Gasteiger partial charge >= 0.3 is 5.63 Å². The Morgan fingerprint density at radius 1 is 1.23 bits per heavy atom. The third-order valence-corrected chi connectivity index (χ3v) is 3.86.